The maximum atomic E-state index is 13.7. The van der Waals surface area contributed by atoms with Crippen molar-refractivity contribution >= 4 is 36.7 Å². The van der Waals surface area contributed by atoms with Crippen molar-refractivity contribution in [1.82, 2.24) is 26.6 Å². The van der Waals surface area contributed by atoms with Crippen LogP contribution in [0.2, 0.25) is 0 Å². The number of aliphatic hydroxyl groups is 1. The largest absolute Gasteiger partial charge is 0.481 e. The molecule has 0 aromatic rings. The Morgan fingerprint density at radius 3 is 2.02 bits per heavy atom. The minimum atomic E-state index is -1.42. The fourth-order valence-electron chi connectivity index (χ4n) is 12.2. The van der Waals surface area contributed by atoms with Gasteiger partial charge in [-0.3, -0.25) is 24.0 Å². The minimum Gasteiger partial charge on any atom is -0.404 e. The number of hydrogen-bond donors (Lipinski definition) is 7. The highest BCUT2D eigenvalue weighted by molar-refractivity contribution is 6.47. The van der Waals surface area contributed by atoms with Gasteiger partial charge in [0.2, 0.25) is 29.5 Å². The van der Waals surface area contributed by atoms with E-state index in [-0.39, 0.29) is 16.9 Å². The van der Waals surface area contributed by atoms with Crippen molar-refractivity contribution in [3.05, 3.63) is 24.3 Å². The second-order valence-corrected chi connectivity index (χ2v) is 20.3. The van der Waals surface area contributed by atoms with Crippen LogP contribution in [0, 0.1) is 40.4 Å². The van der Waals surface area contributed by atoms with Crippen LogP contribution in [-0.2, 0) is 33.3 Å². The number of allylic oxidation sites excluding steroid dienone is 3. The Hall–Kier alpha value is -3.27. The van der Waals surface area contributed by atoms with Crippen molar-refractivity contribution in [2.75, 3.05) is 6.54 Å². The van der Waals surface area contributed by atoms with E-state index in [2.05, 4.69) is 53.4 Å². The molecule has 15 heteroatoms. The second-order valence-electron chi connectivity index (χ2n) is 20.3. The van der Waals surface area contributed by atoms with E-state index in [1.54, 1.807) is 6.08 Å². The molecule has 1 saturated heterocycles. The highest BCUT2D eigenvalue weighted by atomic mass is 16.7. The van der Waals surface area contributed by atoms with Gasteiger partial charge in [0.05, 0.1) is 23.8 Å². The van der Waals surface area contributed by atoms with E-state index in [0.29, 0.717) is 50.5 Å². The average Bonchev–Trinajstić information content (AvgIpc) is 3.55. The van der Waals surface area contributed by atoms with Gasteiger partial charge in [-0.25, -0.2) is 0 Å². The third-order valence-corrected chi connectivity index (χ3v) is 15.2. The van der Waals surface area contributed by atoms with Crippen LogP contribution in [0.1, 0.15) is 132 Å². The van der Waals surface area contributed by atoms with Gasteiger partial charge in [0.1, 0.15) is 24.2 Å². The standard InChI is InChI=1S/C45H73BN6O8/c1-8-13-33(50-37(54)15-9-11-16-45-23-29-18-30(24-45)20-31(19-29)25-45)41(57)52-38(27(3)53)42(58)48-26(2)39(55)51-34(14-10-12-17-47)40(56)49-28(4)46-59-36-22-32-21-35(43(32,5)6)44(36,7)60-46/h9,11,15-16,26-36,38,53H,8,10,12-14,17-25,47H2,1-7H3,(H,48,58)(H,49,56)(H,50,54)(H,51,55)(H,52,57)/b15-9+,16-11+/t26-,27+,28-,29?,30?,31?,32-,33-,34-,35-,36?,38-,44-,45?/m0/s1. The monoisotopic (exact) mass is 837 g/mol. The molecule has 0 aromatic heterocycles. The summed E-state index contributed by atoms with van der Waals surface area (Å²) in [6, 6.07) is -4.42. The molecule has 6 bridgehead atoms. The Labute approximate surface area is 357 Å². The number of hydrogen-bond acceptors (Lipinski definition) is 9. The summed E-state index contributed by atoms with van der Waals surface area (Å²) < 4.78 is 12.9. The Morgan fingerprint density at radius 2 is 1.42 bits per heavy atom. The second kappa shape index (κ2) is 19.0. The molecule has 5 amide bonds. The van der Waals surface area contributed by atoms with Gasteiger partial charge in [-0.2, -0.15) is 0 Å². The topological polar surface area (TPSA) is 210 Å². The van der Waals surface area contributed by atoms with Crippen LogP contribution in [-0.4, -0.2) is 96.2 Å². The summed E-state index contributed by atoms with van der Waals surface area (Å²) in [4.78, 5) is 67.0. The molecule has 0 aromatic carbocycles. The summed E-state index contributed by atoms with van der Waals surface area (Å²) in [6.45, 7) is 13.7. The SMILES string of the molecule is CCC[C@H](NC(=O)/C=C/C=C/C12CC3CC(CC(C3)C1)C2)C(=O)N[C@H](C(=O)N[C@@H](C)C(=O)N[C@@H](CCCCN)C(=O)N[C@@H](C)B1OC2C[C@@H]3C[C@@H](C3(C)C)[C@]2(C)O1)[C@@H](C)O. The van der Waals surface area contributed by atoms with Crippen LogP contribution in [0.3, 0.4) is 0 Å². The maximum Gasteiger partial charge on any atom is 0.481 e. The highest BCUT2D eigenvalue weighted by Gasteiger charge is 2.68. The molecule has 60 heavy (non-hydrogen) atoms. The lowest BCUT2D eigenvalue weighted by Crippen LogP contribution is -2.65. The fourth-order valence-corrected chi connectivity index (χ4v) is 12.2. The third kappa shape index (κ3) is 10.2. The number of amides is 5. The van der Waals surface area contributed by atoms with Gasteiger partial charge in [-0.05, 0) is 152 Å². The van der Waals surface area contributed by atoms with Gasteiger partial charge in [0.25, 0.3) is 0 Å². The number of nitrogens with two attached hydrogens (primary N) is 1. The van der Waals surface area contributed by atoms with Crippen LogP contribution < -0.4 is 32.3 Å². The molecule has 0 spiro atoms. The van der Waals surface area contributed by atoms with E-state index in [1.165, 1.54) is 58.4 Å². The normalized spacial score (nSPS) is 33.9. The molecule has 8 fully saturated rings. The average molecular weight is 837 g/mol. The third-order valence-electron chi connectivity index (χ3n) is 15.2. The van der Waals surface area contributed by atoms with E-state index in [0.717, 1.165) is 30.6 Å². The molecular weight excluding hydrogens is 763 g/mol. The maximum absolute atomic E-state index is 13.7. The lowest BCUT2D eigenvalue weighted by atomic mass is 9.43. The Kier molecular flexibility index (Phi) is 14.6. The Balaban J connectivity index is 0.991. The number of unbranched alkanes of at least 4 members (excludes halogenated alkanes) is 1. The predicted octanol–water partition coefficient (Wildman–Crippen LogP) is 3.36. The molecule has 1 aliphatic heterocycles. The van der Waals surface area contributed by atoms with Crippen molar-refractivity contribution in [3.63, 3.8) is 0 Å². The molecule has 14 nitrogen and oxygen atoms in total. The molecular formula is C45H73BN6O8. The molecule has 8 rings (SSSR count). The zero-order valence-electron chi connectivity index (χ0n) is 37.1. The molecule has 10 atom stereocenters. The molecule has 334 valence electrons. The first-order chi connectivity index (χ1) is 28.4. The lowest BCUT2D eigenvalue weighted by molar-refractivity contribution is -0.199. The summed E-state index contributed by atoms with van der Waals surface area (Å²) in [6.07, 6.45) is 18.3. The van der Waals surface area contributed by atoms with Crippen molar-refractivity contribution < 1.29 is 38.4 Å². The van der Waals surface area contributed by atoms with E-state index in [4.69, 9.17) is 15.0 Å². The highest BCUT2D eigenvalue weighted by Crippen LogP contribution is 2.66. The first-order valence-electron chi connectivity index (χ1n) is 23.0. The van der Waals surface area contributed by atoms with Crippen LogP contribution in [0.5, 0.6) is 0 Å². The summed E-state index contributed by atoms with van der Waals surface area (Å²) in [7, 11) is -0.634. The van der Waals surface area contributed by atoms with Gasteiger partial charge in [-0.1, -0.05) is 45.4 Å². The van der Waals surface area contributed by atoms with Crippen molar-refractivity contribution in [2.24, 2.45) is 46.2 Å². The van der Waals surface area contributed by atoms with Crippen molar-refractivity contribution in [1.29, 1.82) is 0 Å². The molecule has 7 aliphatic carbocycles. The van der Waals surface area contributed by atoms with Gasteiger partial charge in [0.15, 0.2) is 0 Å². The van der Waals surface area contributed by atoms with E-state index >= 15 is 0 Å². The Bertz CT molecular complexity index is 1620. The zero-order valence-corrected chi connectivity index (χ0v) is 37.1. The first-order valence-corrected chi connectivity index (χ1v) is 23.0. The lowest BCUT2D eigenvalue weighted by Gasteiger charge is -2.64. The zero-order chi connectivity index (χ0) is 43.6. The van der Waals surface area contributed by atoms with Crippen LogP contribution in [0.15, 0.2) is 24.3 Å². The first kappa shape index (κ1) is 46.2. The van der Waals surface area contributed by atoms with Gasteiger partial charge < -0.3 is 46.7 Å². The smallest absolute Gasteiger partial charge is 0.404 e. The van der Waals surface area contributed by atoms with Crippen molar-refractivity contribution in [3.8, 4) is 0 Å². The molecule has 8 aliphatic rings. The van der Waals surface area contributed by atoms with Crippen molar-refractivity contribution in [2.45, 2.75) is 180 Å². The van der Waals surface area contributed by atoms with E-state index in [1.807, 2.05) is 19.9 Å². The predicted molar refractivity (Wildman–Crippen MR) is 229 cm³/mol. The van der Waals surface area contributed by atoms with E-state index < -0.39 is 78.5 Å². The van der Waals surface area contributed by atoms with Crippen LogP contribution in [0.25, 0.3) is 0 Å². The molecule has 1 heterocycles. The van der Waals surface area contributed by atoms with Gasteiger partial charge in [0, 0.05) is 6.08 Å². The quantitative estimate of drug-likeness (QED) is 0.0415. The fraction of sp³-hybridized carbons (Fsp3) is 0.800. The summed E-state index contributed by atoms with van der Waals surface area (Å²) in [5.41, 5.74) is 5.72. The number of aliphatic hydroxyl groups excluding tert-OH is 1. The molecule has 0 radical (unpaired) electrons. The summed E-state index contributed by atoms with van der Waals surface area (Å²) in [5, 5.41) is 24.3. The molecule has 1 unspecified atom stereocenters. The Morgan fingerprint density at radius 1 is 0.783 bits per heavy atom. The number of carbonyl (C=O) groups excluding carboxylic acids is 5. The number of nitrogens with one attached hydrogen (secondary N) is 5. The van der Waals surface area contributed by atoms with Crippen LogP contribution in [0.4, 0.5) is 0 Å². The number of rotatable bonds is 20. The van der Waals surface area contributed by atoms with Crippen LogP contribution >= 0.6 is 0 Å². The van der Waals surface area contributed by atoms with E-state index in [9.17, 15) is 29.1 Å². The van der Waals surface area contributed by atoms with Gasteiger partial charge in [-0.15, -0.1) is 0 Å². The molecule has 7 saturated carbocycles. The summed E-state index contributed by atoms with van der Waals surface area (Å²) in [5.74, 6) is 0.0670. The number of carbonyl (C=O) groups is 5. The molecule has 8 N–H and O–H groups in total. The summed E-state index contributed by atoms with van der Waals surface area (Å²) >= 11 is 0. The van der Waals surface area contributed by atoms with Gasteiger partial charge >= 0.3 is 7.12 Å². The minimum absolute atomic E-state index is 0.0418.